The number of hydrogen-bond donors (Lipinski definition) is 2. The zero-order valence-corrected chi connectivity index (χ0v) is 18.0. The summed E-state index contributed by atoms with van der Waals surface area (Å²) in [7, 11) is 1.32. The van der Waals surface area contributed by atoms with Gasteiger partial charge in [-0.05, 0) is 42.3 Å². The Bertz CT molecular complexity index is 818. The van der Waals surface area contributed by atoms with Crippen LogP contribution < -0.4 is 0 Å². The van der Waals surface area contributed by atoms with Crippen LogP contribution in [0, 0.1) is 0 Å². The first-order chi connectivity index (χ1) is 14.5. The van der Waals surface area contributed by atoms with Gasteiger partial charge in [0.05, 0.1) is 30.2 Å². The van der Waals surface area contributed by atoms with E-state index in [4.69, 9.17) is 4.74 Å². The highest BCUT2D eigenvalue weighted by Gasteiger charge is 2.15. The van der Waals surface area contributed by atoms with E-state index in [1.807, 2.05) is 12.1 Å². The third-order valence-electron chi connectivity index (χ3n) is 5.04. The second kappa shape index (κ2) is 12.9. The Morgan fingerprint density at radius 2 is 1.80 bits per heavy atom. The predicted octanol–water partition coefficient (Wildman–Crippen LogP) is 5.07. The molecule has 2 N–H and O–H groups in total. The Kier molecular flexibility index (Phi) is 10.3. The van der Waals surface area contributed by atoms with Gasteiger partial charge in [0.1, 0.15) is 6.10 Å². The van der Waals surface area contributed by atoms with Crippen LogP contribution in [0.4, 0.5) is 0 Å². The Morgan fingerprint density at radius 3 is 2.57 bits per heavy atom. The molecule has 2 unspecified atom stereocenters. The number of nitrogens with zero attached hydrogens (tertiary/aromatic N) is 1. The molecule has 1 heterocycles. The first-order valence-corrected chi connectivity index (χ1v) is 10.7. The first kappa shape index (κ1) is 23.8. The Morgan fingerprint density at radius 1 is 1.07 bits per heavy atom. The van der Waals surface area contributed by atoms with Crippen molar-refractivity contribution in [3.8, 4) is 0 Å². The molecule has 2 atom stereocenters. The largest absolute Gasteiger partial charge is 0.465 e. The molecule has 0 fully saturated rings. The lowest BCUT2D eigenvalue weighted by Crippen LogP contribution is -2.06. The average Bonchev–Trinajstić information content (AvgIpc) is 2.79. The van der Waals surface area contributed by atoms with Gasteiger partial charge in [-0.25, -0.2) is 4.79 Å². The number of aliphatic hydroxyl groups excluding tert-OH is 2. The summed E-state index contributed by atoms with van der Waals surface area (Å²) in [6.45, 7) is 2.20. The van der Waals surface area contributed by atoms with Crippen LogP contribution in [0.2, 0.25) is 0 Å². The van der Waals surface area contributed by atoms with E-state index in [1.165, 1.54) is 32.8 Å². The number of unbranched alkanes of at least 4 members (excludes halogenated alkanes) is 5. The molecular weight excluding hydrogens is 378 g/mol. The summed E-state index contributed by atoms with van der Waals surface area (Å²) in [6, 6.07) is 12.1. The third-order valence-corrected chi connectivity index (χ3v) is 5.04. The van der Waals surface area contributed by atoms with Crippen LogP contribution in [0.5, 0.6) is 0 Å². The molecule has 2 aromatic rings. The van der Waals surface area contributed by atoms with Crippen LogP contribution in [-0.4, -0.2) is 34.4 Å². The summed E-state index contributed by atoms with van der Waals surface area (Å²) in [6.07, 6.45) is 9.99. The molecule has 0 radical (unpaired) electrons. The molecule has 0 spiro atoms. The van der Waals surface area contributed by atoms with Gasteiger partial charge in [0, 0.05) is 0 Å². The second-order valence-electron chi connectivity index (χ2n) is 7.49. The third kappa shape index (κ3) is 7.73. The molecule has 0 bridgehead atoms. The van der Waals surface area contributed by atoms with E-state index in [1.54, 1.807) is 42.5 Å². The number of carbonyl (C=O) groups excluding carboxylic acids is 1. The van der Waals surface area contributed by atoms with E-state index < -0.39 is 18.2 Å². The Balaban J connectivity index is 1.95. The molecule has 1 aromatic heterocycles. The second-order valence-corrected chi connectivity index (χ2v) is 7.49. The van der Waals surface area contributed by atoms with Crippen molar-refractivity contribution in [1.29, 1.82) is 0 Å². The smallest absolute Gasteiger partial charge is 0.337 e. The maximum absolute atomic E-state index is 11.7. The molecular formula is C25H33NO4. The number of pyridine rings is 1. The summed E-state index contributed by atoms with van der Waals surface area (Å²) >= 11 is 0. The van der Waals surface area contributed by atoms with Crippen LogP contribution in [0.25, 0.3) is 6.08 Å². The van der Waals surface area contributed by atoms with Crippen molar-refractivity contribution in [3.05, 3.63) is 71.1 Å². The minimum atomic E-state index is -0.962. The average molecular weight is 412 g/mol. The highest BCUT2D eigenvalue weighted by molar-refractivity contribution is 5.89. The van der Waals surface area contributed by atoms with Gasteiger partial charge in [-0.2, -0.15) is 0 Å². The summed E-state index contributed by atoms with van der Waals surface area (Å²) in [5.41, 5.74) is 2.08. The van der Waals surface area contributed by atoms with Crippen molar-refractivity contribution in [2.45, 2.75) is 64.1 Å². The number of aliphatic hydroxyl groups is 2. The molecule has 0 saturated heterocycles. The molecule has 1 aromatic carbocycles. The molecule has 162 valence electrons. The highest BCUT2D eigenvalue weighted by atomic mass is 16.5. The monoisotopic (exact) mass is 411 g/mol. The first-order valence-electron chi connectivity index (χ1n) is 10.7. The number of carbonyl (C=O) groups is 1. The van der Waals surface area contributed by atoms with Crippen molar-refractivity contribution >= 4 is 12.0 Å². The van der Waals surface area contributed by atoms with Gasteiger partial charge in [0.15, 0.2) is 0 Å². The fraction of sp³-hybridized carbons (Fsp3) is 0.440. The number of aromatic nitrogens is 1. The summed E-state index contributed by atoms with van der Waals surface area (Å²) in [5.74, 6) is -0.451. The van der Waals surface area contributed by atoms with Crippen LogP contribution in [-0.2, 0) is 4.74 Å². The van der Waals surface area contributed by atoms with Crippen molar-refractivity contribution in [1.82, 2.24) is 4.98 Å². The SMILES string of the molecule is CCCCCCCCC(O)/C=C/c1cccc(C(O)c2cccc(C(=O)OC)c2)n1. The van der Waals surface area contributed by atoms with Crippen molar-refractivity contribution in [2.75, 3.05) is 7.11 Å². The molecule has 0 aliphatic heterocycles. The Labute approximate surface area is 179 Å². The minimum absolute atomic E-state index is 0.378. The van der Waals surface area contributed by atoms with E-state index in [9.17, 15) is 15.0 Å². The molecule has 5 heteroatoms. The maximum Gasteiger partial charge on any atom is 0.337 e. The lowest BCUT2D eigenvalue weighted by Gasteiger charge is -2.12. The highest BCUT2D eigenvalue weighted by Crippen LogP contribution is 2.22. The lowest BCUT2D eigenvalue weighted by atomic mass is 10.0. The maximum atomic E-state index is 11.7. The number of benzene rings is 1. The quantitative estimate of drug-likeness (QED) is 0.376. The molecule has 5 nitrogen and oxygen atoms in total. The summed E-state index contributed by atoms with van der Waals surface area (Å²) in [4.78, 5) is 16.2. The topological polar surface area (TPSA) is 79.7 Å². The summed E-state index contributed by atoms with van der Waals surface area (Å²) < 4.78 is 4.73. The normalized spacial score (nSPS) is 13.3. The van der Waals surface area contributed by atoms with Gasteiger partial charge in [-0.3, -0.25) is 4.98 Å². The number of rotatable bonds is 12. The molecule has 30 heavy (non-hydrogen) atoms. The molecule has 2 rings (SSSR count). The molecule has 0 amide bonds. The lowest BCUT2D eigenvalue weighted by molar-refractivity contribution is 0.0600. The van der Waals surface area contributed by atoms with Crippen molar-refractivity contribution in [3.63, 3.8) is 0 Å². The van der Waals surface area contributed by atoms with Crippen molar-refractivity contribution < 1.29 is 19.7 Å². The number of methoxy groups -OCH3 is 1. The van der Waals surface area contributed by atoms with Gasteiger partial charge >= 0.3 is 5.97 Å². The zero-order chi connectivity index (χ0) is 21.8. The van der Waals surface area contributed by atoms with Crippen LogP contribution >= 0.6 is 0 Å². The standard InChI is InChI=1S/C25H33NO4/c1-3-4-5-6-7-8-14-22(27)17-16-21-13-10-15-23(26-21)24(28)19-11-9-12-20(18-19)25(29)30-2/h9-13,15-18,22,24,27-28H,3-8,14H2,1-2H3/b17-16+. The number of ether oxygens (including phenoxy) is 1. The molecule has 0 saturated carbocycles. The van der Waals surface area contributed by atoms with Gasteiger partial charge in [-0.1, -0.05) is 69.7 Å². The number of hydrogen-bond acceptors (Lipinski definition) is 5. The van der Waals surface area contributed by atoms with Gasteiger partial charge in [0.2, 0.25) is 0 Å². The van der Waals surface area contributed by atoms with Crippen LogP contribution in [0.3, 0.4) is 0 Å². The van der Waals surface area contributed by atoms with Gasteiger partial charge < -0.3 is 14.9 Å². The zero-order valence-electron chi connectivity index (χ0n) is 18.0. The minimum Gasteiger partial charge on any atom is -0.465 e. The predicted molar refractivity (Wildman–Crippen MR) is 119 cm³/mol. The summed E-state index contributed by atoms with van der Waals surface area (Å²) in [5, 5.41) is 20.9. The van der Waals surface area contributed by atoms with E-state index in [2.05, 4.69) is 11.9 Å². The van der Waals surface area contributed by atoms with E-state index in [0.29, 0.717) is 22.5 Å². The molecule has 0 aliphatic rings. The van der Waals surface area contributed by atoms with Gasteiger partial charge in [0.25, 0.3) is 0 Å². The van der Waals surface area contributed by atoms with Crippen molar-refractivity contribution in [2.24, 2.45) is 0 Å². The molecule has 0 aliphatic carbocycles. The fourth-order valence-corrected chi connectivity index (χ4v) is 3.28. The van der Waals surface area contributed by atoms with E-state index in [-0.39, 0.29) is 0 Å². The van der Waals surface area contributed by atoms with E-state index in [0.717, 1.165) is 19.3 Å². The fourth-order valence-electron chi connectivity index (χ4n) is 3.28. The van der Waals surface area contributed by atoms with Gasteiger partial charge in [-0.15, -0.1) is 0 Å². The van der Waals surface area contributed by atoms with Crippen LogP contribution in [0.1, 0.15) is 85.3 Å². The Hall–Kier alpha value is -2.50. The number of esters is 1. The van der Waals surface area contributed by atoms with E-state index >= 15 is 0 Å². The van der Waals surface area contributed by atoms with Crippen LogP contribution in [0.15, 0.2) is 48.5 Å².